The predicted molar refractivity (Wildman–Crippen MR) is 390 cm³/mol. The summed E-state index contributed by atoms with van der Waals surface area (Å²) < 4.78 is 0. The van der Waals surface area contributed by atoms with Crippen LogP contribution in [0.3, 0.4) is 0 Å². The van der Waals surface area contributed by atoms with E-state index in [9.17, 15) is 5.53 Å². The number of rotatable bonds is 62. The summed E-state index contributed by atoms with van der Waals surface area (Å²) in [6.45, 7) is 18.4. The van der Waals surface area contributed by atoms with Gasteiger partial charge in [0.2, 0.25) is 0 Å². The molecule has 0 spiro atoms. The summed E-state index contributed by atoms with van der Waals surface area (Å²) in [5, 5.41) is 2.78. The van der Waals surface area contributed by atoms with E-state index in [-0.39, 0.29) is 0 Å². The summed E-state index contributed by atoms with van der Waals surface area (Å²) in [6, 6.07) is 15.3. The van der Waals surface area contributed by atoms with E-state index in [0.29, 0.717) is 0 Å². The molecule has 0 bridgehead atoms. The number of allylic oxidation sites excluding steroid dienone is 4. The first-order valence-electron chi connectivity index (χ1n) is 39.0. The molecule has 2 rings (SSSR count). The molecule has 504 valence electrons. The first-order chi connectivity index (χ1) is 43.0. The van der Waals surface area contributed by atoms with Gasteiger partial charge in [0, 0.05) is 5.57 Å². The van der Waals surface area contributed by atoms with Gasteiger partial charge in [0.25, 0.3) is 0 Å². The second-order valence-corrected chi connectivity index (χ2v) is 28.3. The van der Waals surface area contributed by atoms with Gasteiger partial charge in [-0.2, -0.15) is 0 Å². The third-order valence-electron chi connectivity index (χ3n) is 18.2. The predicted octanol–water partition coefficient (Wildman–Crippen LogP) is 29.4. The van der Waals surface area contributed by atoms with Crippen LogP contribution in [-0.2, 0) is 40.1 Å². The zero-order chi connectivity index (χ0) is 63.0. The van der Waals surface area contributed by atoms with Crippen LogP contribution in [-0.4, -0.2) is 10.7 Å². The van der Waals surface area contributed by atoms with Crippen molar-refractivity contribution >= 4 is 11.4 Å². The average molecular weight is 1240 g/mol. The molecule has 2 aromatic carbocycles. The van der Waals surface area contributed by atoms with Crippen molar-refractivity contribution in [3.05, 3.63) is 98.6 Å². The van der Waals surface area contributed by atoms with Gasteiger partial charge in [-0.3, -0.25) is 0 Å². The molecule has 0 aliphatic rings. The first kappa shape index (κ1) is 82.6. The topological polar surface area (TPSA) is 36.4 Å². The monoisotopic (exact) mass is 1240 g/mol. The Balaban J connectivity index is 0.00000386. The molecule has 0 fully saturated rings. The summed E-state index contributed by atoms with van der Waals surface area (Å²) in [6.07, 6.45) is 79.1. The van der Waals surface area contributed by atoms with Crippen LogP contribution < -0.4 is 0 Å². The van der Waals surface area contributed by atoms with Crippen molar-refractivity contribution in [3.8, 4) is 0 Å². The van der Waals surface area contributed by atoms with Gasteiger partial charge < -0.3 is 5.53 Å². The molecule has 0 aromatic heterocycles. The van der Waals surface area contributed by atoms with E-state index in [4.69, 9.17) is 0 Å². The fourth-order valence-corrected chi connectivity index (χ4v) is 13.9. The molecule has 0 heterocycles. The summed E-state index contributed by atoms with van der Waals surface area (Å²) in [7, 11) is 0. The Morgan fingerprint density at radius 1 is 0.333 bits per heavy atom. The van der Waals surface area contributed by atoms with Crippen LogP contribution in [0.5, 0.6) is 0 Å². The molecule has 0 radical (unpaired) electrons. The van der Waals surface area contributed by atoms with E-state index in [2.05, 4.69) is 115 Å². The van der Waals surface area contributed by atoms with Crippen molar-refractivity contribution in [1.82, 2.24) is 0 Å². The fourth-order valence-electron chi connectivity index (χ4n) is 12.5. The molecule has 0 saturated carbocycles. The van der Waals surface area contributed by atoms with E-state index >= 15 is 0 Å². The summed E-state index contributed by atoms with van der Waals surface area (Å²) >= 11 is 1.94. The van der Waals surface area contributed by atoms with Crippen molar-refractivity contribution in [2.45, 2.75) is 426 Å². The quantitative estimate of drug-likeness (QED) is 0.0158. The van der Waals surface area contributed by atoms with Crippen LogP contribution >= 0.6 is 0 Å². The molecule has 0 aliphatic heterocycles. The van der Waals surface area contributed by atoms with Gasteiger partial charge in [-0.25, -0.2) is 0 Å². The van der Waals surface area contributed by atoms with Gasteiger partial charge in [0.1, 0.15) is 0 Å². The zero-order valence-corrected chi connectivity index (χ0v) is 60.8. The number of benzene rings is 2. The van der Waals surface area contributed by atoms with Crippen LogP contribution in [0.15, 0.2) is 59.7 Å². The molecule has 2 aromatic rings. The second-order valence-electron chi connectivity index (χ2n) is 26.8. The van der Waals surface area contributed by atoms with Crippen molar-refractivity contribution in [3.63, 3.8) is 0 Å². The number of nitrogens with zero attached hydrogens (tertiary/aromatic N) is 2. The van der Waals surface area contributed by atoms with Crippen LogP contribution in [0.1, 0.15) is 423 Å². The van der Waals surface area contributed by atoms with E-state index < -0.39 is 0 Å². The minimum absolute atomic E-state index is 0.874. The standard InChI is InChI=1S/C76H130N2.2C4H9.Ni/c1-7-13-19-23-27-28-29-30-31-32-33-34-35-36-37-38-39-40-41-42-43-44-45-46-50-54-60-75(72(67-78-77)59-53-49-26-22-16-10-4)76(73-63-68(55-17-11-5)61-69(64-73)56-18-12-6)74-65-70(57-51-47-24-20-14-8-2)62-71(66-74)58-52-48-25-21-15-9-3;2*1-3-4-2;/h54,60-66H,7-53,55-59H2,1-6H3;2*1,3-4H2,2H3;. The van der Waals surface area contributed by atoms with Crippen LogP contribution in [0.2, 0.25) is 10.8 Å². The van der Waals surface area contributed by atoms with Crippen molar-refractivity contribution in [2.75, 3.05) is 0 Å². The number of hydrogen-bond acceptors (Lipinski definition) is 0. The van der Waals surface area contributed by atoms with Crippen molar-refractivity contribution < 1.29 is 19.2 Å². The van der Waals surface area contributed by atoms with Gasteiger partial charge in [-0.05, 0) is 116 Å². The average Bonchev–Trinajstić information content (AvgIpc) is 1.52. The second kappa shape index (κ2) is 65.1. The molecule has 0 N–H and O–H groups in total. The molecule has 0 atom stereocenters. The maximum atomic E-state index is 10.4. The van der Waals surface area contributed by atoms with E-state index in [1.54, 1.807) is 0 Å². The van der Waals surface area contributed by atoms with Gasteiger partial charge in [0.15, 0.2) is 0 Å². The summed E-state index contributed by atoms with van der Waals surface area (Å²) in [5.74, 6) is 3.26. The fraction of sp³-hybridized carbons (Fsp3) is 0.786. The Bertz CT molecular complexity index is 1890. The van der Waals surface area contributed by atoms with Gasteiger partial charge >= 0.3 is 70.6 Å². The Morgan fingerprint density at radius 3 is 0.920 bits per heavy atom. The summed E-state index contributed by atoms with van der Waals surface area (Å²) in [4.78, 5) is 3.74. The molecular formula is C84H148N2Ni. The SMILES string of the molecule is CCCCCCCCCCCCCCCCCCCCCCCCCCC=CC(C(=C=[N+]=[N-])CCCCCCCC)=C(c1cc(CCCC)cc(CCCC)c1)c1cc(CCCCCCCC)cc(CCCCCCCC)c1.CCC[CH2][Ni][CH2]CCC. The first-order valence-corrected chi connectivity index (χ1v) is 40.4. The molecule has 87 heavy (non-hydrogen) atoms. The summed E-state index contributed by atoms with van der Waals surface area (Å²) in [5.41, 5.74) is 22.6. The van der Waals surface area contributed by atoms with E-state index in [1.165, 1.54) is 370 Å². The van der Waals surface area contributed by atoms with E-state index in [1.807, 2.05) is 14.4 Å². The molecule has 3 heteroatoms. The van der Waals surface area contributed by atoms with Crippen molar-refractivity contribution in [1.29, 1.82) is 0 Å². The van der Waals surface area contributed by atoms with Crippen LogP contribution in [0, 0.1) is 0 Å². The van der Waals surface area contributed by atoms with Crippen LogP contribution in [0.4, 0.5) is 0 Å². The molecule has 2 nitrogen and oxygen atoms in total. The van der Waals surface area contributed by atoms with Crippen molar-refractivity contribution in [2.24, 2.45) is 0 Å². The number of unbranched alkanes of at least 4 members (excludes halogenated alkanes) is 43. The van der Waals surface area contributed by atoms with E-state index in [0.717, 1.165) is 50.5 Å². The van der Waals surface area contributed by atoms with Gasteiger partial charge in [-0.15, -0.1) is 4.79 Å². The zero-order valence-electron chi connectivity index (χ0n) is 59.8. The Morgan fingerprint density at radius 2 is 0.609 bits per heavy atom. The molecular weight excluding hydrogens is 1100 g/mol. The molecule has 0 amide bonds. The Labute approximate surface area is 551 Å². The van der Waals surface area contributed by atoms with Gasteiger partial charge in [-0.1, -0.05) is 347 Å². The number of hydrogen-bond donors (Lipinski definition) is 0. The third kappa shape index (κ3) is 49.0. The normalized spacial score (nSPS) is 11.8. The molecule has 0 saturated heterocycles. The Kier molecular flexibility index (Phi) is 61.8. The number of aryl methyl sites for hydroxylation is 4. The molecule has 0 aliphatic carbocycles. The van der Waals surface area contributed by atoms with Gasteiger partial charge in [0.05, 0.1) is 5.57 Å². The molecule has 0 unspecified atom stereocenters. The third-order valence-corrected chi connectivity index (χ3v) is 19.6. The van der Waals surface area contributed by atoms with Crippen LogP contribution in [0.25, 0.3) is 11.1 Å². The minimum atomic E-state index is 0.874. The maximum absolute atomic E-state index is 10.4. The Hall–Kier alpha value is -2.43.